The molecule has 166 valence electrons. The van der Waals surface area contributed by atoms with Crippen LogP contribution in [0, 0.1) is 41.1 Å². The van der Waals surface area contributed by atoms with Gasteiger partial charge in [0, 0.05) is 16.7 Å². The van der Waals surface area contributed by atoms with Crippen molar-refractivity contribution >= 4 is 10.8 Å². The molecule has 4 aromatic carbocycles. The molecule has 34 heavy (non-hydrogen) atoms. The van der Waals surface area contributed by atoms with Crippen molar-refractivity contribution in [2.24, 2.45) is 0 Å². The molecule has 0 saturated carbocycles. The molecule has 4 heteroatoms. The molecule has 4 rings (SSSR count). The van der Waals surface area contributed by atoms with Crippen LogP contribution in [-0.2, 0) is 0 Å². The van der Waals surface area contributed by atoms with Gasteiger partial charge >= 0.3 is 0 Å². The lowest BCUT2D eigenvalue weighted by molar-refractivity contribution is 0.362. The van der Waals surface area contributed by atoms with Gasteiger partial charge in [0.05, 0.1) is 5.56 Å². The average molecular weight is 452 g/mol. The lowest BCUT2D eigenvalue weighted by atomic mass is 10.1. The van der Waals surface area contributed by atoms with Gasteiger partial charge in [-0.05, 0) is 78.4 Å². The lowest BCUT2D eigenvalue weighted by Gasteiger charge is -2.02. The van der Waals surface area contributed by atoms with Gasteiger partial charge in [0.1, 0.15) is 29.8 Å². The van der Waals surface area contributed by atoms with Crippen molar-refractivity contribution in [3.05, 3.63) is 125 Å². The second-order valence-corrected chi connectivity index (χ2v) is 7.43. The number of benzene rings is 4. The van der Waals surface area contributed by atoms with Crippen LogP contribution in [0.4, 0.5) is 13.2 Å². The van der Waals surface area contributed by atoms with Crippen molar-refractivity contribution in [3.63, 3.8) is 0 Å². The standard InChI is InChI=1S/C30H19F3O/c1-2-3-16-34-27-13-7-21(8-14-27)4-5-23-18-29(32)28(30(33)19-23)15-9-22-6-10-25-20-26(31)12-11-24(25)17-22/h2-3,6-8,10-14,17-20H,16H2,1H3/b3-2+. The zero-order chi connectivity index (χ0) is 23.9. The Bertz CT molecular complexity index is 1470. The fraction of sp³-hybridized carbons (Fsp3) is 0.0667. The normalized spacial score (nSPS) is 10.5. The summed E-state index contributed by atoms with van der Waals surface area (Å²) in [7, 11) is 0. The second kappa shape index (κ2) is 10.5. The summed E-state index contributed by atoms with van der Waals surface area (Å²) in [4.78, 5) is 0. The van der Waals surface area contributed by atoms with E-state index in [1.54, 1.807) is 48.5 Å². The highest BCUT2D eigenvalue weighted by atomic mass is 19.1. The molecule has 0 aliphatic carbocycles. The minimum absolute atomic E-state index is 0.210. The van der Waals surface area contributed by atoms with Crippen molar-refractivity contribution in [1.29, 1.82) is 0 Å². The Hall–Kier alpha value is -4.41. The quantitative estimate of drug-likeness (QED) is 0.240. The predicted octanol–water partition coefficient (Wildman–Crippen LogP) is 7.01. The van der Waals surface area contributed by atoms with E-state index in [-0.39, 0.29) is 16.9 Å². The Labute approximate surface area is 196 Å². The summed E-state index contributed by atoms with van der Waals surface area (Å²) in [5.41, 5.74) is 1.15. The largest absolute Gasteiger partial charge is 0.490 e. The zero-order valence-corrected chi connectivity index (χ0v) is 18.3. The number of hydrogen-bond acceptors (Lipinski definition) is 1. The first-order valence-electron chi connectivity index (χ1n) is 10.6. The maximum absolute atomic E-state index is 14.6. The summed E-state index contributed by atoms with van der Waals surface area (Å²) in [5.74, 6) is 9.82. The van der Waals surface area contributed by atoms with Crippen LogP contribution in [0.5, 0.6) is 5.75 Å². The molecule has 0 aliphatic rings. The molecule has 0 heterocycles. The van der Waals surface area contributed by atoms with Gasteiger partial charge < -0.3 is 4.74 Å². The molecule has 0 fully saturated rings. The number of rotatable bonds is 3. The Morgan fingerprint density at radius 3 is 2.03 bits per heavy atom. The van der Waals surface area contributed by atoms with E-state index in [0.717, 1.165) is 22.9 Å². The summed E-state index contributed by atoms with van der Waals surface area (Å²) < 4.78 is 48.0. The third-order valence-corrected chi connectivity index (χ3v) is 4.96. The Morgan fingerprint density at radius 1 is 0.676 bits per heavy atom. The number of halogens is 3. The molecule has 1 nitrogen and oxygen atoms in total. The second-order valence-electron chi connectivity index (χ2n) is 7.43. The third-order valence-electron chi connectivity index (χ3n) is 4.96. The van der Waals surface area contributed by atoms with Crippen molar-refractivity contribution in [3.8, 4) is 29.4 Å². The molecule has 0 N–H and O–H groups in total. The summed E-state index contributed by atoms with van der Waals surface area (Å²) >= 11 is 0. The van der Waals surface area contributed by atoms with Gasteiger partial charge in [0.15, 0.2) is 0 Å². The molecule has 0 bridgehead atoms. The van der Waals surface area contributed by atoms with Crippen molar-refractivity contribution in [2.45, 2.75) is 6.92 Å². The number of hydrogen-bond donors (Lipinski definition) is 0. The molecule has 0 saturated heterocycles. The van der Waals surface area contributed by atoms with E-state index >= 15 is 0 Å². The van der Waals surface area contributed by atoms with Crippen molar-refractivity contribution in [2.75, 3.05) is 6.61 Å². The van der Waals surface area contributed by atoms with Gasteiger partial charge in [-0.15, -0.1) is 0 Å². The predicted molar refractivity (Wildman–Crippen MR) is 129 cm³/mol. The van der Waals surface area contributed by atoms with E-state index in [1.165, 1.54) is 12.1 Å². The fourth-order valence-electron chi connectivity index (χ4n) is 3.21. The van der Waals surface area contributed by atoms with Crippen LogP contribution in [0.1, 0.15) is 29.2 Å². The highest BCUT2D eigenvalue weighted by Gasteiger charge is 2.08. The molecule has 0 aromatic heterocycles. The van der Waals surface area contributed by atoms with Gasteiger partial charge in [0.25, 0.3) is 0 Å². The summed E-state index contributed by atoms with van der Waals surface area (Å²) in [6, 6.07) is 19.0. The Balaban J connectivity index is 1.52. The van der Waals surface area contributed by atoms with Crippen molar-refractivity contribution in [1.82, 2.24) is 0 Å². The number of ether oxygens (including phenoxy) is 1. The van der Waals surface area contributed by atoms with Gasteiger partial charge in [-0.1, -0.05) is 48.0 Å². The maximum Gasteiger partial charge on any atom is 0.143 e. The van der Waals surface area contributed by atoms with Crippen LogP contribution in [0.3, 0.4) is 0 Å². The average Bonchev–Trinajstić information content (AvgIpc) is 2.83. The van der Waals surface area contributed by atoms with Crippen LogP contribution in [0.15, 0.2) is 84.9 Å². The van der Waals surface area contributed by atoms with Gasteiger partial charge in [-0.25, -0.2) is 13.2 Å². The van der Waals surface area contributed by atoms with Crippen LogP contribution in [0.25, 0.3) is 10.8 Å². The molecule has 0 aliphatic heterocycles. The molecule has 4 aromatic rings. The van der Waals surface area contributed by atoms with E-state index in [0.29, 0.717) is 23.5 Å². The van der Waals surface area contributed by atoms with Crippen LogP contribution >= 0.6 is 0 Å². The Kier molecular flexibility index (Phi) is 7.01. The molecule has 0 unspecified atom stereocenters. The molecule has 0 amide bonds. The topological polar surface area (TPSA) is 9.23 Å². The van der Waals surface area contributed by atoms with E-state index in [4.69, 9.17) is 4.74 Å². The van der Waals surface area contributed by atoms with Gasteiger partial charge in [0.2, 0.25) is 0 Å². The summed E-state index contributed by atoms with van der Waals surface area (Å²) in [6.45, 7) is 2.40. The monoisotopic (exact) mass is 452 g/mol. The zero-order valence-electron chi connectivity index (χ0n) is 18.3. The molecular formula is C30H19F3O. The summed E-state index contributed by atoms with van der Waals surface area (Å²) in [5, 5.41) is 1.51. The van der Waals surface area contributed by atoms with Gasteiger partial charge in [-0.2, -0.15) is 0 Å². The minimum atomic E-state index is -0.785. The highest BCUT2D eigenvalue weighted by Crippen LogP contribution is 2.18. The first kappa shape index (κ1) is 22.8. The fourth-order valence-corrected chi connectivity index (χ4v) is 3.21. The first-order chi connectivity index (χ1) is 16.5. The van der Waals surface area contributed by atoms with Crippen LogP contribution < -0.4 is 4.74 Å². The van der Waals surface area contributed by atoms with E-state index < -0.39 is 11.6 Å². The number of allylic oxidation sites excluding steroid dienone is 1. The third kappa shape index (κ3) is 5.68. The molecule has 0 atom stereocenters. The lowest BCUT2D eigenvalue weighted by Crippen LogP contribution is -1.93. The minimum Gasteiger partial charge on any atom is -0.490 e. The van der Waals surface area contributed by atoms with Crippen LogP contribution in [-0.4, -0.2) is 6.61 Å². The molecule has 0 radical (unpaired) electrons. The first-order valence-corrected chi connectivity index (χ1v) is 10.6. The van der Waals surface area contributed by atoms with Crippen LogP contribution in [0.2, 0.25) is 0 Å². The van der Waals surface area contributed by atoms with E-state index in [1.807, 2.05) is 19.1 Å². The van der Waals surface area contributed by atoms with E-state index in [2.05, 4.69) is 23.7 Å². The number of fused-ring (bicyclic) bond motifs is 1. The SMILES string of the molecule is C/C=C/COc1ccc(C#Cc2cc(F)c(C#Cc3ccc4cc(F)ccc4c3)c(F)c2)cc1. The summed E-state index contributed by atoms with van der Waals surface area (Å²) in [6.07, 6.45) is 3.80. The Morgan fingerprint density at radius 2 is 1.29 bits per heavy atom. The van der Waals surface area contributed by atoms with Crippen molar-refractivity contribution < 1.29 is 17.9 Å². The molecule has 0 spiro atoms. The highest BCUT2D eigenvalue weighted by molar-refractivity contribution is 5.84. The molecular weight excluding hydrogens is 433 g/mol. The van der Waals surface area contributed by atoms with Gasteiger partial charge in [-0.3, -0.25) is 0 Å². The smallest absolute Gasteiger partial charge is 0.143 e. The van der Waals surface area contributed by atoms with E-state index in [9.17, 15) is 13.2 Å². The maximum atomic E-state index is 14.6.